The number of anilines is 1. The molecule has 1 rings (SSSR count). The molecule has 0 saturated heterocycles. The summed E-state index contributed by atoms with van der Waals surface area (Å²) in [5.74, 6) is -0.499. The van der Waals surface area contributed by atoms with Crippen LogP contribution in [0.4, 0.5) is 18.9 Å². The van der Waals surface area contributed by atoms with Gasteiger partial charge in [-0.3, -0.25) is 4.90 Å². The van der Waals surface area contributed by atoms with Crippen molar-refractivity contribution in [2.45, 2.75) is 13.0 Å². The number of alkyl halides is 2. The molecule has 0 unspecified atom stereocenters. The number of aliphatic hydroxyl groups excluding tert-OH is 1. The Morgan fingerprint density at radius 3 is 2.53 bits per heavy atom. The fourth-order valence-corrected chi connectivity index (χ4v) is 1.60. The molecule has 1 aromatic rings. The smallest absolute Gasteiger partial charge is 0.251 e. The number of hydrogen-bond donors (Lipinski definition) is 2. The predicted molar refractivity (Wildman–Crippen MR) is 59.2 cm³/mol. The van der Waals surface area contributed by atoms with E-state index in [1.807, 2.05) is 0 Å². The lowest BCUT2D eigenvalue weighted by Crippen LogP contribution is -2.31. The minimum Gasteiger partial charge on any atom is -0.399 e. The molecule has 96 valence electrons. The second kappa shape index (κ2) is 6.46. The van der Waals surface area contributed by atoms with Gasteiger partial charge >= 0.3 is 0 Å². The number of benzene rings is 1. The van der Waals surface area contributed by atoms with Gasteiger partial charge in [0.2, 0.25) is 0 Å². The van der Waals surface area contributed by atoms with Crippen LogP contribution in [0.2, 0.25) is 0 Å². The minimum absolute atomic E-state index is 0.112. The molecule has 0 saturated carbocycles. The Bertz CT molecular complexity index is 340. The van der Waals surface area contributed by atoms with Crippen LogP contribution in [0.15, 0.2) is 18.2 Å². The third-order valence-corrected chi connectivity index (χ3v) is 2.20. The van der Waals surface area contributed by atoms with E-state index in [9.17, 15) is 13.2 Å². The van der Waals surface area contributed by atoms with E-state index in [4.69, 9.17) is 10.8 Å². The number of hydrogen-bond acceptors (Lipinski definition) is 3. The molecular formula is C11H15F3N2O. The van der Waals surface area contributed by atoms with Crippen LogP contribution in [0.3, 0.4) is 0 Å². The van der Waals surface area contributed by atoms with Crippen LogP contribution in [0.25, 0.3) is 0 Å². The largest absolute Gasteiger partial charge is 0.399 e. The van der Waals surface area contributed by atoms with E-state index in [-0.39, 0.29) is 25.4 Å². The van der Waals surface area contributed by atoms with Gasteiger partial charge in [0, 0.05) is 18.8 Å². The summed E-state index contributed by atoms with van der Waals surface area (Å²) < 4.78 is 37.5. The van der Waals surface area contributed by atoms with Crippen LogP contribution in [0.5, 0.6) is 0 Å². The van der Waals surface area contributed by atoms with Crippen LogP contribution >= 0.6 is 0 Å². The predicted octanol–water partition coefficient (Wildman–Crippen LogP) is 1.47. The molecule has 0 aromatic heterocycles. The Hall–Kier alpha value is -1.27. The third-order valence-electron chi connectivity index (χ3n) is 2.20. The number of rotatable bonds is 6. The van der Waals surface area contributed by atoms with Gasteiger partial charge in [0.1, 0.15) is 5.82 Å². The van der Waals surface area contributed by atoms with Crippen molar-refractivity contribution in [3.63, 3.8) is 0 Å². The number of nitrogen functional groups attached to an aromatic ring is 1. The number of nitrogens with zero attached hydrogens (tertiary/aromatic N) is 1. The highest BCUT2D eigenvalue weighted by molar-refractivity contribution is 5.41. The summed E-state index contributed by atoms with van der Waals surface area (Å²) >= 11 is 0. The van der Waals surface area contributed by atoms with Gasteiger partial charge in [0.05, 0.1) is 13.2 Å². The molecule has 0 amide bonds. The lowest BCUT2D eigenvalue weighted by molar-refractivity contribution is 0.0746. The first-order valence-electron chi connectivity index (χ1n) is 5.17. The third kappa shape index (κ3) is 5.06. The lowest BCUT2D eigenvalue weighted by atomic mass is 10.2. The molecule has 0 aliphatic heterocycles. The van der Waals surface area contributed by atoms with Crippen LogP contribution in [0.1, 0.15) is 5.56 Å². The standard InChI is InChI=1S/C11H15F3N2O/c12-9-3-8(4-10(15)5-9)6-16(1-2-17)7-11(13)14/h3-5,11,17H,1-2,6-7,15H2. The van der Waals surface area contributed by atoms with Crippen molar-refractivity contribution in [2.75, 3.05) is 25.4 Å². The van der Waals surface area contributed by atoms with Crippen molar-refractivity contribution in [2.24, 2.45) is 0 Å². The second-order valence-corrected chi connectivity index (χ2v) is 3.74. The van der Waals surface area contributed by atoms with Gasteiger partial charge in [-0.2, -0.15) is 0 Å². The Kier molecular flexibility index (Phi) is 5.24. The Morgan fingerprint density at radius 1 is 1.29 bits per heavy atom. The zero-order chi connectivity index (χ0) is 12.8. The Labute approximate surface area is 97.6 Å². The first-order chi connectivity index (χ1) is 8.01. The normalized spacial score (nSPS) is 11.4. The number of halogens is 3. The topological polar surface area (TPSA) is 49.5 Å². The van der Waals surface area contributed by atoms with Gasteiger partial charge in [0.25, 0.3) is 6.43 Å². The first-order valence-corrected chi connectivity index (χ1v) is 5.17. The molecule has 0 aliphatic rings. The van der Waals surface area contributed by atoms with Gasteiger partial charge < -0.3 is 10.8 Å². The first kappa shape index (κ1) is 13.8. The Balaban J connectivity index is 2.70. The average molecular weight is 248 g/mol. The molecule has 0 aliphatic carbocycles. The molecule has 3 N–H and O–H groups in total. The summed E-state index contributed by atoms with van der Waals surface area (Å²) in [5, 5.41) is 8.75. The van der Waals surface area contributed by atoms with Crippen LogP contribution < -0.4 is 5.73 Å². The van der Waals surface area contributed by atoms with Gasteiger partial charge in [0.15, 0.2) is 0 Å². The zero-order valence-electron chi connectivity index (χ0n) is 9.24. The molecule has 17 heavy (non-hydrogen) atoms. The maximum absolute atomic E-state index is 13.0. The molecule has 0 spiro atoms. The quantitative estimate of drug-likeness (QED) is 0.749. The molecular weight excluding hydrogens is 233 g/mol. The van der Waals surface area contributed by atoms with E-state index >= 15 is 0 Å². The molecule has 1 aromatic carbocycles. The van der Waals surface area contributed by atoms with E-state index in [1.165, 1.54) is 17.0 Å². The fraction of sp³-hybridized carbons (Fsp3) is 0.455. The summed E-state index contributed by atoms with van der Waals surface area (Å²) in [6.07, 6.45) is -2.49. The highest BCUT2D eigenvalue weighted by atomic mass is 19.3. The summed E-state index contributed by atoms with van der Waals surface area (Å²) in [7, 11) is 0. The maximum Gasteiger partial charge on any atom is 0.251 e. The zero-order valence-corrected chi connectivity index (χ0v) is 9.24. The van der Waals surface area contributed by atoms with Crippen molar-refractivity contribution >= 4 is 5.69 Å². The molecule has 0 bridgehead atoms. The van der Waals surface area contributed by atoms with E-state index in [2.05, 4.69) is 0 Å². The highest BCUT2D eigenvalue weighted by Gasteiger charge is 2.12. The summed E-state index contributed by atoms with van der Waals surface area (Å²) in [5.41, 5.74) is 6.22. The molecule has 0 radical (unpaired) electrons. The monoisotopic (exact) mass is 248 g/mol. The van der Waals surface area contributed by atoms with Crippen molar-refractivity contribution in [1.29, 1.82) is 0 Å². The second-order valence-electron chi connectivity index (χ2n) is 3.74. The van der Waals surface area contributed by atoms with Gasteiger partial charge in [-0.15, -0.1) is 0 Å². The van der Waals surface area contributed by atoms with Gasteiger partial charge in [-0.05, 0) is 23.8 Å². The average Bonchev–Trinajstić information content (AvgIpc) is 2.14. The maximum atomic E-state index is 13.0. The van der Waals surface area contributed by atoms with Gasteiger partial charge in [-0.1, -0.05) is 0 Å². The highest BCUT2D eigenvalue weighted by Crippen LogP contribution is 2.13. The van der Waals surface area contributed by atoms with E-state index < -0.39 is 18.8 Å². The van der Waals surface area contributed by atoms with Crippen LogP contribution in [-0.4, -0.2) is 36.1 Å². The number of nitrogens with two attached hydrogens (primary N) is 1. The molecule has 0 heterocycles. The minimum atomic E-state index is -2.49. The van der Waals surface area contributed by atoms with Gasteiger partial charge in [-0.25, -0.2) is 13.2 Å². The van der Waals surface area contributed by atoms with E-state index in [0.717, 1.165) is 6.07 Å². The van der Waals surface area contributed by atoms with Crippen molar-refractivity contribution in [1.82, 2.24) is 4.90 Å². The van der Waals surface area contributed by atoms with Crippen molar-refractivity contribution in [3.8, 4) is 0 Å². The molecule has 0 atom stereocenters. The summed E-state index contributed by atoms with van der Waals surface area (Å²) in [4.78, 5) is 1.35. The lowest BCUT2D eigenvalue weighted by Gasteiger charge is -2.20. The molecule has 0 fully saturated rings. The molecule has 3 nitrogen and oxygen atoms in total. The van der Waals surface area contributed by atoms with Crippen LogP contribution in [-0.2, 0) is 6.54 Å². The van der Waals surface area contributed by atoms with Crippen molar-refractivity contribution in [3.05, 3.63) is 29.6 Å². The summed E-state index contributed by atoms with van der Waals surface area (Å²) in [6.45, 7) is -0.442. The fourth-order valence-electron chi connectivity index (χ4n) is 1.60. The van der Waals surface area contributed by atoms with E-state index in [1.54, 1.807) is 0 Å². The summed E-state index contributed by atoms with van der Waals surface area (Å²) in [6, 6.07) is 3.93. The Morgan fingerprint density at radius 2 is 2.00 bits per heavy atom. The molecule has 6 heteroatoms. The van der Waals surface area contributed by atoms with E-state index in [0.29, 0.717) is 5.56 Å². The van der Waals surface area contributed by atoms with Crippen molar-refractivity contribution < 1.29 is 18.3 Å². The van der Waals surface area contributed by atoms with Crippen LogP contribution in [0, 0.1) is 5.82 Å². The SMILES string of the molecule is Nc1cc(F)cc(CN(CCO)CC(F)F)c1. The number of aliphatic hydroxyl groups is 1.